The first-order chi connectivity index (χ1) is 8.51. The number of amides is 1. The Bertz CT molecular complexity index is 467. The summed E-state index contributed by atoms with van der Waals surface area (Å²) in [4.78, 5) is 23.5. The highest BCUT2D eigenvalue weighted by Crippen LogP contribution is 2.16. The molecule has 0 fully saturated rings. The molecule has 0 spiro atoms. The minimum atomic E-state index is -0.555. The maximum absolute atomic E-state index is 12.1. The molecule has 0 saturated carbocycles. The molecule has 0 unspecified atom stereocenters. The summed E-state index contributed by atoms with van der Waals surface area (Å²) in [5.41, 5.74) is 0.0698. The number of aliphatic hydroxyl groups excluding tert-OH is 1. The minimum Gasteiger partial charge on any atom is -0.395 e. The number of rotatable bonds is 6. The molecule has 0 aromatic carbocycles. The smallest absolute Gasteiger partial charge is 0.287 e. The molecule has 0 aliphatic heterocycles. The average molecular weight is 253 g/mol. The molecule has 1 aromatic heterocycles. The molecule has 0 saturated heterocycles. The Morgan fingerprint density at radius 1 is 1.72 bits per heavy atom. The van der Waals surface area contributed by atoms with E-state index in [4.69, 9.17) is 5.11 Å². The molecule has 1 heterocycles. The van der Waals surface area contributed by atoms with E-state index in [1.807, 2.05) is 0 Å². The predicted octanol–water partition coefficient (Wildman–Crippen LogP) is 0.554. The second-order valence-electron chi connectivity index (χ2n) is 3.72. The predicted molar refractivity (Wildman–Crippen MR) is 65.3 cm³/mol. The van der Waals surface area contributed by atoms with Crippen LogP contribution < -0.4 is 0 Å². The van der Waals surface area contributed by atoms with Gasteiger partial charge in [-0.3, -0.25) is 14.9 Å². The van der Waals surface area contributed by atoms with Gasteiger partial charge in [-0.05, 0) is 0 Å². The zero-order valence-electron chi connectivity index (χ0n) is 10.1. The molecule has 1 amide bonds. The second-order valence-corrected chi connectivity index (χ2v) is 3.72. The fourth-order valence-corrected chi connectivity index (χ4v) is 1.57. The third-order valence-electron chi connectivity index (χ3n) is 2.43. The Morgan fingerprint density at radius 3 is 2.83 bits per heavy atom. The van der Waals surface area contributed by atoms with E-state index in [-0.39, 0.29) is 37.0 Å². The van der Waals surface area contributed by atoms with Crippen LogP contribution in [-0.2, 0) is 7.05 Å². The average Bonchev–Trinajstić information content (AvgIpc) is 2.70. The molecule has 7 nitrogen and oxygen atoms in total. The van der Waals surface area contributed by atoms with Gasteiger partial charge >= 0.3 is 0 Å². The lowest BCUT2D eigenvalue weighted by atomic mass is 10.3. The van der Waals surface area contributed by atoms with E-state index in [9.17, 15) is 14.9 Å². The van der Waals surface area contributed by atoms with Crippen molar-refractivity contribution in [1.82, 2.24) is 9.47 Å². The van der Waals surface area contributed by atoms with Crippen molar-refractivity contribution in [2.45, 2.75) is 0 Å². The molecule has 0 radical (unpaired) electrons. The number of aliphatic hydroxyl groups is 1. The molecule has 0 bridgehead atoms. The molecular formula is C11H15N3O4. The van der Waals surface area contributed by atoms with Crippen molar-refractivity contribution in [3.63, 3.8) is 0 Å². The minimum absolute atomic E-state index is 0.136. The van der Waals surface area contributed by atoms with E-state index in [2.05, 4.69) is 6.58 Å². The molecule has 1 N–H and O–H groups in total. The quantitative estimate of drug-likeness (QED) is 0.455. The first kappa shape index (κ1) is 13.9. The van der Waals surface area contributed by atoms with Gasteiger partial charge in [0.1, 0.15) is 5.69 Å². The first-order valence-electron chi connectivity index (χ1n) is 5.33. The van der Waals surface area contributed by atoms with Crippen LogP contribution in [0.15, 0.2) is 24.9 Å². The highest BCUT2D eigenvalue weighted by Gasteiger charge is 2.21. The zero-order valence-corrected chi connectivity index (χ0v) is 10.1. The van der Waals surface area contributed by atoms with Crippen LogP contribution in [0.5, 0.6) is 0 Å². The van der Waals surface area contributed by atoms with Crippen molar-refractivity contribution in [3.8, 4) is 0 Å². The monoisotopic (exact) mass is 253 g/mol. The number of carbonyl (C=O) groups excluding carboxylic acids is 1. The van der Waals surface area contributed by atoms with Crippen LogP contribution in [0.1, 0.15) is 10.5 Å². The first-order valence-corrected chi connectivity index (χ1v) is 5.33. The summed E-state index contributed by atoms with van der Waals surface area (Å²) in [5, 5.41) is 19.5. The molecule has 0 aliphatic rings. The number of nitrogens with zero attached hydrogens (tertiary/aromatic N) is 3. The van der Waals surface area contributed by atoms with Gasteiger partial charge in [-0.2, -0.15) is 0 Å². The van der Waals surface area contributed by atoms with Gasteiger partial charge in [-0.15, -0.1) is 6.58 Å². The second kappa shape index (κ2) is 5.97. The third-order valence-corrected chi connectivity index (χ3v) is 2.43. The zero-order chi connectivity index (χ0) is 13.7. The summed E-state index contributed by atoms with van der Waals surface area (Å²) in [6.07, 6.45) is 2.81. The van der Waals surface area contributed by atoms with E-state index in [1.54, 1.807) is 7.05 Å². The van der Waals surface area contributed by atoms with E-state index >= 15 is 0 Å². The van der Waals surface area contributed by atoms with Crippen molar-refractivity contribution >= 4 is 11.6 Å². The lowest BCUT2D eigenvalue weighted by Gasteiger charge is -2.19. The molecule has 98 valence electrons. The lowest BCUT2D eigenvalue weighted by molar-refractivity contribution is -0.384. The van der Waals surface area contributed by atoms with Crippen molar-refractivity contribution in [2.75, 3.05) is 19.7 Å². The van der Waals surface area contributed by atoms with Crippen molar-refractivity contribution in [2.24, 2.45) is 7.05 Å². The third kappa shape index (κ3) is 2.95. The van der Waals surface area contributed by atoms with Crippen LogP contribution in [-0.4, -0.2) is 45.1 Å². The van der Waals surface area contributed by atoms with Crippen LogP contribution in [0.25, 0.3) is 0 Å². The van der Waals surface area contributed by atoms with Gasteiger partial charge in [-0.25, -0.2) is 0 Å². The van der Waals surface area contributed by atoms with Gasteiger partial charge in [0.2, 0.25) is 0 Å². The standard InChI is InChI=1S/C11H15N3O4/c1-3-4-13(5-6-15)11(16)10-7-9(14(17)18)8-12(10)2/h3,7-8,15H,1,4-6H2,2H3. The molecule has 7 heteroatoms. The Morgan fingerprint density at radius 2 is 2.39 bits per heavy atom. The van der Waals surface area contributed by atoms with Crippen LogP contribution in [0, 0.1) is 10.1 Å². The summed E-state index contributed by atoms with van der Waals surface area (Å²) in [5.74, 6) is -0.375. The van der Waals surface area contributed by atoms with E-state index in [0.717, 1.165) is 0 Å². The SMILES string of the molecule is C=CCN(CCO)C(=O)c1cc([N+](=O)[O-])cn1C. The number of nitro groups is 1. The Balaban J connectivity index is 3.00. The number of hydrogen-bond acceptors (Lipinski definition) is 4. The Labute approximate surface area is 104 Å². The maximum Gasteiger partial charge on any atom is 0.287 e. The van der Waals surface area contributed by atoms with Crippen LogP contribution in [0.3, 0.4) is 0 Å². The van der Waals surface area contributed by atoms with Crippen molar-refractivity contribution < 1.29 is 14.8 Å². The molecule has 0 atom stereocenters. The highest BCUT2D eigenvalue weighted by molar-refractivity contribution is 5.93. The topological polar surface area (TPSA) is 88.6 Å². The van der Waals surface area contributed by atoms with Crippen molar-refractivity contribution in [3.05, 3.63) is 40.7 Å². The van der Waals surface area contributed by atoms with E-state index in [1.165, 1.54) is 27.8 Å². The van der Waals surface area contributed by atoms with Gasteiger partial charge in [0.15, 0.2) is 0 Å². The fourth-order valence-electron chi connectivity index (χ4n) is 1.57. The van der Waals surface area contributed by atoms with Crippen LogP contribution in [0.4, 0.5) is 5.69 Å². The van der Waals surface area contributed by atoms with Gasteiger partial charge in [0.05, 0.1) is 17.7 Å². The number of aromatic nitrogens is 1. The lowest BCUT2D eigenvalue weighted by Crippen LogP contribution is -2.34. The largest absolute Gasteiger partial charge is 0.395 e. The molecule has 1 rings (SSSR count). The summed E-state index contributed by atoms with van der Waals surface area (Å²) in [7, 11) is 1.56. The summed E-state index contributed by atoms with van der Waals surface area (Å²) < 4.78 is 1.40. The van der Waals surface area contributed by atoms with Crippen molar-refractivity contribution in [1.29, 1.82) is 0 Å². The van der Waals surface area contributed by atoms with E-state index in [0.29, 0.717) is 0 Å². The number of hydrogen-bond donors (Lipinski definition) is 1. The van der Waals surface area contributed by atoms with Gasteiger partial charge in [0.25, 0.3) is 11.6 Å². The number of aryl methyl sites for hydroxylation is 1. The highest BCUT2D eigenvalue weighted by atomic mass is 16.6. The fraction of sp³-hybridized carbons (Fsp3) is 0.364. The van der Waals surface area contributed by atoms with E-state index < -0.39 is 4.92 Å². The molecule has 0 aliphatic carbocycles. The van der Waals surface area contributed by atoms with Crippen LogP contribution in [0.2, 0.25) is 0 Å². The Kier molecular flexibility index (Phi) is 4.61. The molecular weight excluding hydrogens is 238 g/mol. The van der Waals surface area contributed by atoms with Gasteiger partial charge in [0, 0.05) is 26.2 Å². The van der Waals surface area contributed by atoms with Crippen LogP contribution >= 0.6 is 0 Å². The summed E-state index contributed by atoms with van der Waals surface area (Å²) in [6.45, 7) is 3.78. The summed E-state index contributed by atoms with van der Waals surface area (Å²) >= 11 is 0. The molecule has 1 aromatic rings. The maximum atomic E-state index is 12.1. The normalized spacial score (nSPS) is 10.1. The van der Waals surface area contributed by atoms with Gasteiger partial charge in [-0.1, -0.05) is 6.08 Å². The number of carbonyl (C=O) groups is 1. The summed E-state index contributed by atoms with van der Waals surface area (Å²) in [6, 6.07) is 1.22. The van der Waals surface area contributed by atoms with Gasteiger partial charge < -0.3 is 14.6 Å². The Hall–Kier alpha value is -2.15. The molecule has 18 heavy (non-hydrogen) atoms.